The van der Waals surface area contributed by atoms with Gasteiger partial charge in [0.1, 0.15) is 0 Å². The normalized spacial score (nSPS) is 10.9. The van der Waals surface area contributed by atoms with Crippen molar-refractivity contribution in [1.82, 2.24) is 14.1 Å². The molecule has 2 heterocycles. The van der Waals surface area contributed by atoms with Crippen LogP contribution in [0.3, 0.4) is 0 Å². The van der Waals surface area contributed by atoms with Gasteiger partial charge in [-0.1, -0.05) is 6.92 Å². The minimum absolute atomic E-state index is 1.03. The molecule has 0 aliphatic rings. The van der Waals surface area contributed by atoms with Gasteiger partial charge in [0.05, 0.1) is 5.69 Å². The molecule has 0 fully saturated rings. The minimum atomic E-state index is 1.03. The van der Waals surface area contributed by atoms with Gasteiger partial charge >= 0.3 is 0 Å². The van der Waals surface area contributed by atoms with E-state index >= 15 is 0 Å². The number of nitrogens with zero attached hydrogens (tertiary/aromatic N) is 3. The third kappa shape index (κ3) is 1.48. The molecule has 0 bridgehead atoms. The van der Waals surface area contributed by atoms with Crippen LogP contribution in [0.1, 0.15) is 18.2 Å². The van der Waals surface area contributed by atoms with Crippen LogP contribution in [-0.4, -0.2) is 14.1 Å². The van der Waals surface area contributed by atoms with E-state index in [1.54, 1.807) is 0 Å². The molecule has 0 unspecified atom stereocenters. The first kappa shape index (κ1) is 10.0. The third-order valence-electron chi connectivity index (χ3n) is 2.96. The Balaban J connectivity index is 2.60. The molecule has 0 N–H and O–H groups in total. The van der Waals surface area contributed by atoms with Crippen LogP contribution in [0.5, 0.6) is 0 Å². The van der Waals surface area contributed by atoms with Crippen LogP contribution < -0.4 is 0 Å². The van der Waals surface area contributed by atoms with Crippen molar-refractivity contribution >= 4 is 0 Å². The number of rotatable bonds is 2. The largest absolute Gasteiger partial charge is 0.345 e. The highest BCUT2D eigenvalue weighted by molar-refractivity contribution is 5.54. The van der Waals surface area contributed by atoms with Crippen molar-refractivity contribution in [3.63, 3.8) is 0 Å². The van der Waals surface area contributed by atoms with Crippen molar-refractivity contribution in [3.8, 4) is 11.5 Å². The molecule has 0 spiro atoms. The lowest BCUT2D eigenvalue weighted by molar-refractivity contribution is 0.818. The number of hydrogen-bond acceptors (Lipinski definition) is 1. The van der Waals surface area contributed by atoms with E-state index in [-0.39, 0.29) is 0 Å². The SMILES string of the molecule is CCc1c(C)cc(-c2nccn2C)n1C. The summed E-state index contributed by atoms with van der Waals surface area (Å²) < 4.78 is 4.28. The van der Waals surface area contributed by atoms with Crippen molar-refractivity contribution in [2.24, 2.45) is 14.1 Å². The van der Waals surface area contributed by atoms with Crippen LogP contribution in [0, 0.1) is 6.92 Å². The summed E-state index contributed by atoms with van der Waals surface area (Å²) in [5, 5.41) is 0. The summed E-state index contributed by atoms with van der Waals surface area (Å²) >= 11 is 0. The zero-order valence-electron chi connectivity index (χ0n) is 9.78. The van der Waals surface area contributed by atoms with Crippen LogP contribution in [0.2, 0.25) is 0 Å². The second kappa shape index (κ2) is 3.57. The fourth-order valence-corrected chi connectivity index (χ4v) is 2.14. The van der Waals surface area contributed by atoms with Gasteiger partial charge in [-0.3, -0.25) is 0 Å². The van der Waals surface area contributed by atoms with E-state index in [0.29, 0.717) is 0 Å². The fraction of sp³-hybridized carbons (Fsp3) is 0.417. The van der Waals surface area contributed by atoms with E-state index in [0.717, 1.165) is 12.2 Å². The topological polar surface area (TPSA) is 22.8 Å². The molecule has 2 aromatic rings. The maximum atomic E-state index is 4.38. The lowest BCUT2D eigenvalue weighted by Gasteiger charge is -2.06. The molecular formula is C12H17N3. The molecule has 0 amide bonds. The Kier molecular flexibility index (Phi) is 2.39. The Hall–Kier alpha value is -1.51. The predicted octanol–water partition coefficient (Wildman–Crippen LogP) is 2.30. The van der Waals surface area contributed by atoms with Gasteiger partial charge in [0.2, 0.25) is 0 Å². The van der Waals surface area contributed by atoms with Gasteiger partial charge in [-0.15, -0.1) is 0 Å². The summed E-state index contributed by atoms with van der Waals surface area (Å²) in [6.07, 6.45) is 4.87. The highest BCUT2D eigenvalue weighted by atomic mass is 15.1. The van der Waals surface area contributed by atoms with Crippen molar-refractivity contribution in [3.05, 3.63) is 29.7 Å². The van der Waals surface area contributed by atoms with Crippen LogP contribution in [0.25, 0.3) is 11.5 Å². The van der Waals surface area contributed by atoms with Gasteiger partial charge in [-0.25, -0.2) is 4.98 Å². The molecule has 0 radical (unpaired) electrons. The van der Waals surface area contributed by atoms with E-state index < -0.39 is 0 Å². The van der Waals surface area contributed by atoms with Gasteiger partial charge in [0.15, 0.2) is 5.82 Å². The lowest BCUT2D eigenvalue weighted by atomic mass is 10.2. The average molecular weight is 203 g/mol. The molecule has 15 heavy (non-hydrogen) atoms. The second-order valence-corrected chi connectivity index (χ2v) is 3.93. The molecule has 2 aromatic heterocycles. The van der Waals surface area contributed by atoms with Crippen molar-refractivity contribution in [2.45, 2.75) is 20.3 Å². The quantitative estimate of drug-likeness (QED) is 0.734. The highest BCUT2D eigenvalue weighted by Crippen LogP contribution is 2.23. The second-order valence-electron chi connectivity index (χ2n) is 3.93. The Morgan fingerprint density at radius 3 is 2.53 bits per heavy atom. The molecule has 0 aromatic carbocycles. The number of aryl methyl sites for hydroxylation is 2. The van der Waals surface area contributed by atoms with Gasteiger partial charge < -0.3 is 9.13 Å². The Labute approximate surface area is 90.4 Å². The molecule has 0 aliphatic heterocycles. The Morgan fingerprint density at radius 1 is 1.33 bits per heavy atom. The number of hydrogen-bond donors (Lipinski definition) is 0. The van der Waals surface area contributed by atoms with Crippen molar-refractivity contribution in [2.75, 3.05) is 0 Å². The van der Waals surface area contributed by atoms with Gasteiger partial charge in [-0.05, 0) is 25.0 Å². The van der Waals surface area contributed by atoms with Crippen LogP contribution in [0.4, 0.5) is 0 Å². The van der Waals surface area contributed by atoms with Crippen LogP contribution >= 0.6 is 0 Å². The average Bonchev–Trinajstić information content (AvgIpc) is 2.71. The number of imidazole rings is 1. The molecule has 0 aliphatic carbocycles. The van der Waals surface area contributed by atoms with Gasteiger partial charge in [0, 0.05) is 32.2 Å². The van der Waals surface area contributed by atoms with Gasteiger partial charge in [-0.2, -0.15) is 0 Å². The van der Waals surface area contributed by atoms with E-state index in [9.17, 15) is 0 Å². The molecule has 80 valence electrons. The van der Waals surface area contributed by atoms with Crippen LogP contribution in [-0.2, 0) is 20.5 Å². The standard InChI is InChI=1S/C12H17N3/c1-5-10-9(2)8-11(15(10)4)12-13-6-7-14(12)3/h6-8H,5H2,1-4H3. The fourth-order valence-electron chi connectivity index (χ4n) is 2.14. The summed E-state index contributed by atoms with van der Waals surface area (Å²) in [6, 6.07) is 2.21. The first-order valence-electron chi connectivity index (χ1n) is 5.28. The molecule has 3 heteroatoms. The zero-order chi connectivity index (χ0) is 11.0. The Bertz CT molecular complexity index is 477. The van der Waals surface area contributed by atoms with Crippen molar-refractivity contribution in [1.29, 1.82) is 0 Å². The van der Waals surface area contributed by atoms with Crippen LogP contribution in [0.15, 0.2) is 18.5 Å². The predicted molar refractivity (Wildman–Crippen MR) is 61.7 cm³/mol. The summed E-state index contributed by atoms with van der Waals surface area (Å²) in [5.41, 5.74) is 3.92. The minimum Gasteiger partial charge on any atom is -0.345 e. The molecular weight excluding hydrogens is 186 g/mol. The smallest absolute Gasteiger partial charge is 0.156 e. The first-order valence-corrected chi connectivity index (χ1v) is 5.28. The molecule has 0 atom stereocenters. The zero-order valence-corrected chi connectivity index (χ0v) is 9.78. The molecule has 2 rings (SSSR count). The number of aromatic nitrogens is 3. The summed E-state index contributed by atoms with van der Waals surface area (Å²) in [6.45, 7) is 4.34. The third-order valence-corrected chi connectivity index (χ3v) is 2.96. The van der Waals surface area contributed by atoms with E-state index in [2.05, 4.69) is 36.5 Å². The monoisotopic (exact) mass is 203 g/mol. The molecule has 0 saturated carbocycles. The first-order chi connectivity index (χ1) is 7.15. The molecule has 0 saturated heterocycles. The summed E-state index contributed by atoms with van der Waals surface area (Å²) in [7, 11) is 4.13. The van der Waals surface area contributed by atoms with Crippen molar-refractivity contribution < 1.29 is 0 Å². The van der Waals surface area contributed by atoms with Gasteiger partial charge in [0.25, 0.3) is 0 Å². The molecule has 3 nitrogen and oxygen atoms in total. The lowest BCUT2D eigenvalue weighted by Crippen LogP contribution is -2.01. The van der Waals surface area contributed by atoms with E-state index in [1.807, 2.05) is 24.0 Å². The Morgan fingerprint density at radius 2 is 2.07 bits per heavy atom. The maximum absolute atomic E-state index is 4.38. The van der Waals surface area contributed by atoms with E-state index in [1.165, 1.54) is 17.0 Å². The van der Waals surface area contributed by atoms with E-state index in [4.69, 9.17) is 0 Å². The summed E-state index contributed by atoms with van der Waals surface area (Å²) in [4.78, 5) is 4.38. The highest BCUT2D eigenvalue weighted by Gasteiger charge is 2.12. The summed E-state index contributed by atoms with van der Waals surface area (Å²) in [5.74, 6) is 1.03. The maximum Gasteiger partial charge on any atom is 0.156 e.